The number of halogens is 1. The lowest BCUT2D eigenvalue weighted by Crippen LogP contribution is -2.41. The standard InChI is InChI=1S/C19H22FN3O3/c20-12-1-2-13-14(10-22-15(13)9-12)19(25)23-7-5-11(6-8-23)16-3-4-17(26-16)18(21)24/h1-2,9-11,16-17,22H,3-8H2,(H2,21,24)/t16-,17+/m0/s1. The molecule has 138 valence electrons. The van der Waals surface area contributed by atoms with Crippen molar-refractivity contribution in [3.8, 4) is 0 Å². The van der Waals surface area contributed by atoms with Crippen LogP contribution in [-0.4, -0.2) is 47.0 Å². The van der Waals surface area contributed by atoms with Gasteiger partial charge in [-0.2, -0.15) is 0 Å². The minimum atomic E-state index is -0.466. The monoisotopic (exact) mass is 359 g/mol. The molecule has 2 amide bonds. The van der Waals surface area contributed by atoms with Crippen molar-refractivity contribution in [1.82, 2.24) is 9.88 Å². The molecular weight excluding hydrogens is 337 g/mol. The van der Waals surface area contributed by atoms with Crippen LogP contribution in [0.5, 0.6) is 0 Å². The molecule has 0 spiro atoms. The van der Waals surface area contributed by atoms with Crippen LogP contribution in [0.4, 0.5) is 4.39 Å². The Morgan fingerprint density at radius 3 is 2.65 bits per heavy atom. The molecule has 2 fully saturated rings. The maximum absolute atomic E-state index is 13.3. The molecule has 0 unspecified atom stereocenters. The largest absolute Gasteiger partial charge is 0.367 e. The average molecular weight is 359 g/mol. The summed E-state index contributed by atoms with van der Waals surface area (Å²) in [7, 11) is 0. The zero-order chi connectivity index (χ0) is 18.3. The van der Waals surface area contributed by atoms with Gasteiger partial charge in [-0.25, -0.2) is 4.39 Å². The minimum absolute atomic E-state index is 0.0383. The fourth-order valence-electron chi connectivity index (χ4n) is 4.14. The van der Waals surface area contributed by atoms with Crippen molar-refractivity contribution in [1.29, 1.82) is 0 Å². The van der Waals surface area contributed by atoms with Gasteiger partial charge in [0.25, 0.3) is 5.91 Å². The zero-order valence-corrected chi connectivity index (χ0v) is 14.4. The molecule has 0 saturated carbocycles. The molecule has 2 atom stereocenters. The highest BCUT2D eigenvalue weighted by atomic mass is 19.1. The van der Waals surface area contributed by atoms with Gasteiger partial charge in [-0.3, -0.25) is 9.59 Å². The molecule has 0 radical (unpaired) electrons. The van der Waals surface area contributed by atoms with Gasteiger partial charge in [0.2, 0.25) is 5.91 Å². The van der Waals surface area contributed by atoms with E-state index >= 15 is 0 Å². The van der Waals surface area contributed by atoms with Crippen LogP contribution in [0.1, 0.15) is 36.0 Å². The highest BCUT2D eigenvalue weighted by Crippen LogP contribution is 2.32. The number of nitrogens with zero attached hydrogens (tertiary/aromatic N) is 1. The van der Waals surface area contributed by atoms with Gasteiger partial charge in [0.1, 0.15) is 11.9 Å². The van der Waals surface area contributed by atoms with Gasteiger partial charge < -0.3 is 20.4 Å². The summed E-state index contributed by atoms with van der Waals surface area (Å²) in [5.74, 6) is -0.412. The minimum Gasteiger partial charge on any atom is -0.367 e. The van der Waals surface area contributed by atoms with E-state index in [1.54, 1.807) is 12.3 Å². The van der Waals surface area contributed by atoms with Crippen molar-refractivity contribution < 1.29 is 18.7 Å². The molecule has 6 nitrogen and oxygen atoms in total. The van der Waals surface area contributed by atoms with Crippen molar-refractivity contribution in [2.45, 2.75) is 37.9 Å². The Morgan fingerprint density at radius 2 is 1.96 bits per heavy atom. The van der Waals surface area contributed by atoms with Crippen molar-refractivity contribution >= 4 is 22.7 Å². The smallest absolute Gasteiger partial charge is 0.256 e. The number of nitrogens with two attached hydrogens (primary N) is 1. The van der Waals surface area contributed by atoms with Gasteiger partial charge in [-0.1, -0.05) is 0 Å². The summed E-state index contributed by atoms with van der Waals surface area (Å²) in [4.78, 5) is 28.9. The van der Waals surface area contributed by atoms with Crippen LogP contribution in [0.3, 0.4) is 0 Å². The molecule has 1 aromatic heterocycles. The Balaban J connectivity index is 1.40. The third-order valence-electron chi connectivity index (χ3n) is 5.60. The molecule has 2 aliphatic heterocycles. The van der Waals surface area contributed by atoms with E-state index in [4.69, 9.17) is 10.5 Å². The van der Waals surface area contributed by atoms with Crippen LogP contribution < -0.4 is 5.73 Å². The first-order valence-corrected chi connectivity index (χ1v) is 9.03. The number of carbonyl (C=O) groups excluding carboxylic acids is 2. The molecule has 3 N–H and O–H groups in total. The van der Waals surface area contributed by atoms with E-state index in [1.165, 1.54) is 12.1 Å². The summed E-state index contributed by atoms with van der Waals surface area (Å²) < 4.78 is 19.1. The van der Waals surface area contributed by atoms with E-state index in [0.29, 0.717) is 36.5 Å². The summed E-state index contributed by atoms with van der Waals surface area (Å²) in [5.41, 5.74) is 6.52. The lowest BCUT2D eigenvalue weighted by atomic mass is 9.89. The Hall–Kier alpha value is -2.41. The van der Waals surface area contributed by atoms with Crippen molar-refractivity contribution in [2.75, 3.05) is 13.1 Å². The normalized spacial score (nSPS) is 24.3. The lowest BCUT2D eigenvalue weighted by molar-refractivity contribution is -0.130. The van der Waals surface area contributed by atoms with Crippen molar-refractivity contribution in [2.24, 2.45) is 11.7 Å². The molecule has 2 aliphatic rings. The number of hydrogen-bond donors (Lipinski definition) is 2. The maximum Gasteiger partial charge on any atom is 0.256 e. The number of piperidine rings is 1. The molecule has 3 heterocycles. The first-order chi connectivity index (χ1) is 12.5. The molecule has 0 bridgehead atoms. The fraction of sp³-hybridized carbons (Fsp3) is 0.474. The fourth-order valence-corrected chi connectivity index (χ4v) is 4.14. The zero-order valence-electron chi connectivity index (χ0n) is 14.4. The highest BCUT2D eigenvalue weighted by molar-refractivity contribution is 6.06. The van der Waals surface area contributed by atoms with E-state index in [-0.39, 0.29) is 17.8 Å². The Morgan fingerprint density at radius 1 is 1.19 bits per heavy atom. The highest BCUT2D eigenvalue weighted by Gasteiger charge is 2.36. The van der Waals surface area contributed by atoms with Crippen LogP contribution in [0, 0.1) is 11.7 Å². The second-order valence-corrected chi connectivity index (χ2v) is 7.16. The predicted molar refractivity (Wildman–Crippen MR) is 94.0 cm³/mol. The molecule has 1 aromatic carbocycles. The summed E-state index contributed by atoms with van der Waals surface area (Å²) in [6, 6.07) is 4.40. The third-order valence-corrected chi connectivity index (χ3v) is 5.60. The predicted octanol–water partition coefficient (Wildman–Crippen LogP) is 2.19. The molecule has 2 aromatic rings. The number of likely N-dealkylation sites (tertiary alicyclic amines) is 1. The molecule has 7 heteroatoms. The number of primary amides is 1. The number of rotatable bonds is 3. The van der Waals surface area contributed by atoms with E-state index in [0.717, 1.165) is 24.6 Å². The van der Waals surface area contributed by atoms with E-state index in [2.05, 4.69) is 4.98 Å². The summed E-state index contributed by atoms with van der Waals surface area (Å²) in [6.07, 6.45) is 4.46. The van der Waals surface area contributed by atoms with E-state index in [9.17, 15) is 14.0 Å². The molecule has 2 saturated heterocycles. The van der Waals surface area contributed by atoms with E-state index in [1.807, 2.05) is 4.90 Å². The number of aromatic nitrogens is 1. The number of H-pyrrole nitrogens is 1. The third kappa shape index (κ3) is 3.07. The number of hydrogen-bond acceptors (Lipinski definition) is 3. The van der Waals surface area contributed by atoms with Gasteiger partial charge in [0, 0.05) is 30.2 Å². The first-order valence-electron chi connectivity index (χ1n) is 9.03. The Kier molecular flexibility index (Phi) is 4.40. The Bertz CT molecular complexity index is 842. The summed E-state index contributed by atoms with van der Waals surface area (Å²) >= 11 is 0. The van der Waals surface area contributed by atoms with Crippen molar-refractivity contribution in [3.05, 3.63) is 35.8 Å². The van der Waals surface area contributed by atoms with Crippen LogP contribution >= 0.6 is 0 Å². The topological polar surface area (TPSA) is 88.4 Å². The second-order valence-electron chi connectivity index (χ2n) is 7.16. The molecular formula is C19H22FN3O3. The number of ether oxygens (including phenoxy) is 1. The summed E-state index contributed by atoms with van der Waals surface area (Å²) in [5, 5.41) is 0.738. The number of benzene rings is 1. The van der Waals surface area contributed by atoms with Crippen LogP contribution in [0.2, 0.25) is 0 Å². The number of fused-ring (bicyclic) bond motifs is 1. The average Bonchev–Trinajstić information content (AvgIpc) is 3.28. The maximum atomic E-state index is 13.3. The number of carbonyl (C=O) groups is 2. The van der Waals surface area contributed by atoms with Gasteiger partial charge >= 0.3 is 0 Å². The second kappa shape index (κ2) is 6.72. The number of amides is 2. The number of aromatic amines is 1. The quantitative estimate of drug-likeness (QED) is 0.880. The summed E-state index contributed by atoms with van der Waals surface area (Å²) in [6.45, 7) is 1.30. The van der Waals surface area contributed by atoms with Crippen molar-refractivity contribution in [3.63, 3.8) is 0 Å². The molecule has 0 aliphatic carbocycles. The van der Waals surface area contributed by atoms with Crippen LogP contribution in [0.15, 0.2) is 24.4 Å². The lowest BCUT2D eigenvalue weighted by Gasteiger charge is -2.34. The number of nitrogens with one attached hydrogen (secondary N) is 1. The van der Waals surface area contributed by atoms with E-state index < -0.39 is 12.0 Å². The molecule has 26 heavy (non-hydrogen) atoms. The Labute approximate surface area is 150 Å². The van der Waals surface area contributed by atoms with Crippen LogP contribution in [0.25, 0.3) is 10.9 Å². The van der Waals surface area contributed by atoms with Gasteiger partial charge in [-0.15, -0.1) is 0 Å². The van der Waals surface area contributed by atoms with Gasteiger partial charge in [0.15, 0.2) is 0 Å². The first kappa shape index (κ1) is 17.0. The van der Waals surface area contributed by atoms with Gasteiger partial charge in [0.05, 0.1) is 11.7 Å². The molecule has 4 rings (SSSR count). The SMILES string of the molecule is NC(=O)[C@H]1CC[C@@H](C2CCN(C(=O)c3c[nH]c4cc(F)ccc34)CC2)O1. The van der Waals surface area contributed by atoms with Crippen LogP contribution in [-0.2, 0) is 9.53 Å². The van der Waals surface area contributed by atoms with Gasteiger partial charge in [-0.05, 0) is 49.8 Å².